The number of rotatable bonds is 0. The maximum absolute atomic E-state index is 0. The van der Waals surface area contributed by atoms with Gasteiger partial charge in [0.05, 0.1) is 0 Å². The molecule has 0 heterocycles. The van der Waals surface area contributed by atoms with E-state index in [1.807, 2.05) is 0 Å². The van der Waals surface area contributed by atoms with Gasteiger partial charge in [0.25, 0.3) is 0 Å². The Morgan fingerprint density at radius 1 is 0.600 bits per heavy atom. The fourth-order valence-corrected chi connectivity index (χ4v) is 0. The van der Waals surface area contributed by atoms with Gasteiger partial charge in [0.15, 0.2) is 0 Å². The van der Waals surface area contributed by atoms with Crippen molar-refractivity contribution in [3.05, 3.63) is 0 Å². The Hall–Kier alpha value is 0.329. The molecule has 0 unspecified atom stereocenters. The molecule has 0 rings (SSSR count). The number of halogens is 1. The molecule has 1 radical (unpaired) electrons. The standard InChI is InChI=1S/Cu.FH.3H2O/h;1H;3*1H2. The quantitative estimate of drug-likeness (QED) is 0.335. The maximum atomic E-state index is 0. The summed E-state index contributed by atoms with van der Waals surface area (Å²) in [6.45, 7) is 0. The van der Waals surface area contributed by atoms with Gasteiger partial charge in [-0.3, -0.25) is 4.70 Å². The molecular weight excluding hydrogens is 131 g/mol. The second kappa shape index (κ2) is 442. The monoisotopic (exact) mass is 137 g/mol. The number of hydrogen-bond donors (Lipinski definition) is 0. The van der Waals surface area contributed by atoms with E-state index in [1.54, 1.807) is 0 Å². The minimum absolute atomic E-state index is 0. The molecule has 0 fully saturated rings. The van der Waals surface area contributed by atoms with E-state index in [9.17, 15) is 0 Å². The minimum Gasteiger partial charge on any atom is -0.412 e. The third-order valence-corrected chi connectivity index (χ3v) is 0. The van der Waals surface area contributed by atoms with Crippen molar-refractivity contribution in [2.75, 3.05) is 0 Å². The van der Waals surface area contributed by atoms with Crippen LogP contribution in [-0.4, -0.2) is 16.4 Å². The summed E-state index contributed by atoms with van der Waals surface area (Å²) in [5, 5.41) is 0. The van der Waals surface area contributed by atoms with Crippen LogP contribution in [0.25, 0.3) is 0 Å². The van der Waals surface area contributed by atoms with Crippen LogP contribution in [0.5, 0.6) is 0 Å². The Balaban J connectivity index is 0. The summed E-state index contributed by atoms with van der Waals surface area (Å²) >= 11 is 0. The molecule has 0 aliphatic heterocycles. The van der Waals surface area contributed by atoms with E-state index < -0.39 is 0 Å². The fourth-order valence-electron chi connectivity index (χ4n) is 0. The van der Waals surface area contributed by atoms with E-state index in [2.05, 4.69) is 0 Å². The maximum Gasteiger partial charge on any atom is 0 e. The van der Waals surface area contributed by atoms with E-state index >= 15 is 0 Å². The van der Waals surface area contributed by atoms with Gasteiger partial charge in [-0.05, 0) is 0 Å². The van der Waals surface area contributed by atoms with Crippen molar-refractivity contribution in [2.24, 2.45) is 0 Å². The van der Waals surface area contributed by atoms with Gasteiger partial charge in [-0.2, -0.15) is 0 Å². The molecule has 0 bridgehead atoms. The summed E-state index contributed by atoms with van der Waals surface area (Å²) in [7, 11) is 0. The molecule has 0 spiro atoms. The second-order valence-electron chi connectivity index (χ2n) is 0. The van der Waals surface area contributed by atoms with Crippen LogP contribution in [0.15, 0.2) is 0 Å². The molecular formula is H7CuFO3. The molecule has 0 aromatic heterocycles. The van der Waals surface area contributed by atoms with Gasteiger partial charge in [0.1, 0.15) is 0 Å². The zero-order valence-electron chi connectivity index (χ0n) is 2.21. The van der Waals surface area contributed by atoms with Crippen molar-refractivity contribution in [1.82, 2.24) is 0 Å². The Morgan fingerprint density at radius 3 is 0.600 bits per heavy atom. The molecule has 5 heavy (non-hydrogen) atoms. The smallest absolute Gasteiger partial charge is 0 e. The van der Waals surface area contributed by atoms with Gasteiger partial charge >= 0.3 is 0 Å². The average molecular weight is 138 g/mol. The normalized spacial score (nSPS) is 0. The first kappa shape index (κ1) is 920. The average Bonchev–Trinajstić information content (AvgIpc) is 0. The van der Waals surface area contributed by atoms with Crippen molar-refractivity contribution >= 4 is 0 Å². The molecule has 5 heteroatoms. The van der Waals surface area contributed by atoms with E-state index in [0.717, 1.165) is 0 Å². The van der Waals surface area contributed by atoms with Gasteiger partial charge in [0, 0.05) is 17.1 Å². The van der Waals surface area contributed by atoms with Gasteiger partial charge in [0.2, 0.25) is 0 Å². The van der Waals surface area contributed by atoms with Crippen molar-refractivity contribution in [3.8, 4) is 0 Å². The zero-order valence-corrected chi connectivity index (χ0v) is 3.15. The summed E-state index contributed by atoms with van der Waals surface area (Å²) in [5.74, 6) is 0. The van der Waals surface area contributed by atoms with Crippen LogP contribution in [0.1, 0.15) is 0 Å². The minimum atomic E-state index is 0. The zero-order chi connectivity index (χ0) is 0. The van der Waals surface area contributed by atoms with Crippen molar-refractivity contribution < 1.29 is 38.2 Å². The molecule has 6 N–H and O–H groups in total. The van der Waals surface area contributed by atoms with E-state index in [0.29, 0.717) is 0 Å². The van der Waals surface area contributed by atoms with Gasteiger partial charge < -0.3 is 16.4 Å². The van der Waals surface area contributed by atoms with E-state index in [4.69, 9.17) is 0 Å². The van der Waals surface area contributed by atoms with Crippen LogP contribution in [0.3, 0.4) is 0 Å². The van der Waals surface area contributed by atoms with E-state index in [-0.39, 0.29) is 38.2 Å². The largest absolute Gasteiger partial charge is 0.412 e. The van der Waals surface area contributed by atoms with Crippen LogP contribution in [0.4, 0.5) is 4.70 Å². The van der Waals surface area contributed by atoms with Gasteiger partial charge in [-0.15, -0.1) is 0 Å². The third kappa shape index (κ3) is 216. The fraction of sp³-hybridized carbons (Fsp3) is 0. The number of hydrogen-bond acceptors (Lipinski definition) is 0. The first-order valence-corrected chi connectivity index (χ1v) is 0. The first-order valence-electron chi connectivity index (χ1n) is 0. The predicted octanol–water partition coefficient (Wildman–Crippen LogP) is -2.32. The molecule has 3 nitrogen and oxygen atoms in total. The Labute approximate surface area is 39.1 Å². The summed E-state index contributed by atoms with van der Waals surface area (Å²) in [6, 6.07) is 0. The summed E-state index contributed by atoms with van der Waals surface area (Å²) in [4.78, 5) is 0. The molecule has 0 aliphatic rings. The Morgan fingerprint density at radius 2 is 0.600 bits per heavy atom. The van der Waals surface area contributed by atoms with Crippen LogP contribution < -0.4 is 0 Å². The van der Waals surface area contributed by atoms with Crippen LogP contribution in [-0.2, 0) is 17.1 Å². The molecule has 0 saturated carbocycles. The van der Waals surface area contributed by atoms with Crippen LogP contribution in [0.2, 0.25) is 0 Å². The molecule has 43 valence electrons. The summed E-state index contributed by atoms with van der Waals surface area (Å²) in [5.41, 5.74) is 0. The molecule has 0 atom stereocenters. The molecule has 0 aromatic carbocycles. The van der Waals surface area contributed by atoms with Crippen molar-refractivity contribution in [2.45, 2.75) is 0 Å². The van der Waals surface area contributed by atoms with Crippen LogP contribution in [0, 0.1) is 0 Å². The third-order valence-electron chi connectivity index (χ3n) is 0. The predicted molar refractivity (Wildman–Crippen MR) is 13.3 cm³/mol. The topological polar surface area (TPSA) is 94.5 Å². The SMILES string of the molecule is F.O.O.O.[Cu]. The second-order valence-corrected chi connectivity index (χ2v) is 0. The summed E-state index contributed by atoms with van der Waals surface area (Å²) < 4.78 is 0. The van der Waals surface area contributed by atoms with Gasteiger partial charge in [-0.25, -0.2) is 0 Å². The van der Waals surface area contributed by atoms with Crippen molar-refractivity contribution in [3.63, 3.8) is 0 Å². The van der Waals surface area contributed by atoms with E-state index in [1.165, 1.54) is 0 Å². The van der Waals surface area contributed by atoms with Gasteiger partial charge in [-0.1, -0.05) is 0 Å². The first-order chi connectivity index (χ1) is 0. The molecule has 0 aliphatic carbocycles. The van der Waals surface area contributed by atoms with Crippen molar-refractivity contribution in [1.29, 1.82) is 0 Å². The molecule has 0 amide bonds. The molecule has 0 aromatic rings. The molecule has 0 saturated heterocycles. The van der Waals surface area contributed by atoms with Crippen LogP contribution >= 0.6 is 0 Å². The Kier molecular flexibility index (Phi) is 81400. The Bertz CT molecular complexity index is 6.85. The summed E-state index contributed by atoms with van der Waals surface area (Å²) in [6.07, 6.45) is 0.